The second-order valence-electron chi connectivity index (χ2n) is 6.12. The molecule has 0 radical (unpaired) electrons. The number of ether oxygens (including phenoxy) is 1. The van der Waals surface area contributed by atoms with Crippen molar-refractivity contribution in [1.29, 1.82) is 0 Å². The molecule has 1 aromatic heterocycles. The summed E-state index contributed by atoms with van der Waals surface area (Å²) < 4.78 is 6.82. The molecule has 0 saturated heterocycles. The van der Waals surface area contributed by atoms with E-state index >= 15 is 0 Å². The Bertz CT molecular complexity index is 957. The molecule has 7 nitrogen and oxygen atoms in total. The largest absolute Gasteiger partial charge is 0.497 e. The van der Waals surface area contributed by atoms with E-state index in [1.165, 1.54) is 17.3 Å². The number of aromatic nitrogens is 4. The van der Waals surface area contributed by atoms with Crippen molar-refractivity contribution >= 4 is 23.4 Å². The molecule has 1 heterocycles. The maximum atomic E-state index is 12.5. The van der Waals surface area contributed by atoms with Gasteiger partial charge in [0, 0.05) is 11.8 Å². The maximum Gasteiger partial charge on any atom is 0.237 e. The van der Waals surface area contributed by atoms with Crippen LogP contribution in [-0.4, -0.2) is 38.5 Å². The van der Waals surface area contributed by atoms with Gasteiger partial charge in [-0.05, 0) is 66.6 Å². The zero-order valence-corrected chi connectivity index (χ0v) is 16.4. The fourth-order valence-corrected chi connectivity index (χ4v) is 3.24. The molecule has 2 aromatic carbocycles. The van der Waals surface area contributed by atoms with Gasteiger partial charge >= 0.3 is 0 Å². The Kier molecular flexibility index (Phi) is 5.75. The molecule has 1 unspecified atom stereocenters. The highest BCUT2D eigenvalue weighted by Crippen LogP contribution is 2.25. The summed E-state index contributed by atoms with van der Waals surface area (Å²) in [6.45, 7) is 5.92. The smallest absolute Gasteiger partial charge is 0.237 e. The van der Waals surface area contributed by atoms with E-state index in [1.807, 2.05) is 50.2 Å². The van der Waals surface area contributed by atoms with E-state index in [-0.39, 0.29) is 11.2 Å². The minimum Gasteiger partial charge on any atom is -0.497 e. The third kappa shape index (κ3) is 4.46. The van der Waals surface area contributed by atoms with E-state index in [9.17, 15) is 4.79 Å². The van der Waals surface area contributed by atoms with Crippen LogP contribution in [0.1, 0.15) is 18.1 Å². The van der Waals surface area contributed by atoms with Crippen LogP contribution in [0, 0.1) is 13.8 Å². The van der Waals surface area contributed by atoms with Gasteiger partial charge in [0.05, 0.1) is 18.0 Å². The summed E-state index contributed by atoms with van der Waals surface area (Å²) in [6, 6.07) is 13.3. The van der Waals surface area contributed by atoms with Crippen molar-refractivity contribution in [2.45, 2.75) is 31.2 Å². The molecule has 8 heteroatoms. The fraction of sp³-hybridized carbons (Fsp3) is 0.263. The van der Waals surface area contributed by atoms with Crippen LogP contribution in [0.15, 0.2) is 47.6 Å². The van der Waals surface area contributed by atoms with Gasteiger partial charge < -0.3 is 10.1 Å². The van der Waals surface area contributed by atoms with Gasteiger partial charge in [-0.15, -0.1) is 5.10 Å². The highest BCUT2D eigenvalue weighted by molar-refractivity contribution is 8.00. The van der Waals surface area contributed by atoms with E-state index in [2.05, 4.69) is 27.8 Å². The summed E-state index contributed by atoms with van der Waals surface area (Å²) in [7, 11) is 1.59. The van der Waals surface area contributed by atoms with Crippen LogP contribution in [0.2, 0.25) is 0 Å². The second kappa shape index (κ2) is 8.22. The lowest BCUT2D eigenvalue weighted by Gasteiger charge is -2.12. The number of thioether (sulfide) groups is 1. The Balaban J connectivity index is 1.72. The van der Waals surface area contributed by atoms with Crippen molar-refractivity contribution in [3.8, 4) is 11.4 Å². The molecular formula is C19H21N5O2S. The number of rotatable bonds is 6. The van der Waals surface area contributed by atoms with E-state index in [0.29, 0.717) is 16.6 Å². The number of tetrazole rings is 1. The molecule has 0 aliphatic heterocycles. The number of methoxy groups -OCH3 is 1. The number of anilines is 1. The fourth-order valence-electron chi connectivity index (χ4n) is 2.43. The zero-order valence-electron chi connectivity index (χ0n) is 15.6. The van der Waals surface area contributed by atoms with E-state index in [4.69, 9.17) is 4.74 Å². The highest BCUT2D eigenvalue weighted by Gasteiger charge is 2.19. The number of benzene rings is 2. The van der Waals surface area contributed by atoms with Crippen LogP contribution < -0.4 is 10.1 Å². The zero-order chi connectivity index (χ0) is 19.4. The molecule has 0 fully saturated rings. The number of carbonyl (C=O) groups is 1. The molecule has 0 spiro atoms. The van der Waals surface area contributed by atoms with Crippen LogP contribution in [0.4, 0.5) is 5.69 Å². The minimum atomic E-state index is -0.382. The average Bonchev–Trinajstić information content (AvgIpc) is 3.12. The van der Waals surface area contributed by atoms with Gasteiger partial charge in [0.2, 0.25) is 11.1 Å². The summed E-state index contributed by atoms with van der Waals surface area (Å²) in [5.74, 6) is 0.551. The quantitative estimate of drug-likeness (QED) is 0.657. The number of amides is 1. The number of hydrogen-bond acceptors (Lipinski definition) is 6. The summed E-state index contributed by atoms with van der Waals surface area (Å²) in [4.78, 5) is 12.5. The normalized spacial score (nSPS) is 11.9. The minimum absolute atomic E-state index is 0.136. The predicted octanol–water partition coefficient (Wildman–Crippen LogP) is 3.41. The van der Waals surface area contributed by atoms with Crippen molar-refractivity contribution in [3.05, 3.63) is 53.6 Å². The lowest BCUT2D eigenvalue weighted by Crippen LogP contribution is -2.23. The first-order valence-electron chi connectivity index (χ1n) is 8.45. The molecule has 3 rings (SSSR count). The number of nitrogens with zero attached hydrogens (tertiary/aromatic N) is 4. The van der Waals surface area contributed by atoms with Gasteiger partial charge in [-0.2, -0.15) is 4.68 Å². The van der Waals surface area contributed by atoms with Gasteiger partial charge in [-0.25, -0.2) is 0 Å². The van der Waals surface area contributed by atoms with Crippen LogP contribution in [0.3, 0.4) is 0 Å². The number of hydrogen-bond donors (Lipinski definition) is 1. The van der Waals surface area contributed by atoms with Crippen molar-refractivity contribution in [2.24, 2.45) is 0 Å². The Morgan fingerprint density at radius 2 is 2.00 bits per heavy atom. The summed E-state index contributed by atoms with van der Waals surface area (Å²) >= 11 is 1.30. The van der Waals surface area contributed by atoms with Crippen LogP contribution in [0.5, 0.6) is 5.75 Å². The summed E-state index contributed by atoms with van der Waals surface area (Å²) in [6.07, 6.45) is 0. The van der Waals surface area contributed by atoms with E-state index in [1.54, 1.807) is 17.9 Å². The average molecular weight is 383 g/mol. The Morgan fingerprint density at radius 3 is 2.74 bits per heavy atom. The molecule has 0 bridgehead atoms. The van der Waals surface area contributed by atoms with Gasteiger partial charge in [0.1, 0.15) is 5.75 Å². The lowest BCUT2D eigenvalue weighted by molar-refractivity contribution is -0.115. The Hall–Kier alpha value is -2.87. The Labute approximate surface area is 162 Å². The predicted molar refractivity (Wildman–Crippen MR) is 106 cm³/mol. The van der Waals surface area contributed by atoms with Gasteiger partial charge in [-0.3, -0.25) is 4.79 Å². The van der Waals surface area contributed by atoms with Gasteiger partial charge in [0.25, 0.3) is 0 Å². The molecule has 27 heavy (non-hydrogen) atoms. The standard InChI is InChI=1S/C19H21N5O2S/c1-12-8-9-16(10-13(12)2)24-19(21-22-23-24)27-14(3)18(25)20-15-6-5-7-17(11-15)26-4/h5-11,14H,1-4H3,(H,20,25). The third-order valence-corrected chi connectivity index (χ3v) is 5.20. The molecule has 0 aliphatic carbocycles. The van der Waals surface area contributed by atoms with Crippen LogP contribution in [-0.2, 0) is 4.79 Å². The van der Waals surface area contributed by atoms with Crippen molar-refractivity contribution in [3.63, 3.8) is 0 Å². The first-order valence-corrected chi connectivity index (χ1v) is 9.33. The second-order valence-corrected chi connectivity index (χ2v) is 7.43. The first kappa shape index (κ1) is 18.9. The topological polar surface area (TPSA) is 81.9 Å². The summed E-state index contributed by atoms with van der Waals surface area (Å²) in [5, 5.41) is 15.0. The number of aryl methyl sites for hydroxylation is 2. The summed E-state index contributed by atoms with van der Waals surface area (Å²) in [5.41, 5.74) is 3.90. The van der Waals surface area contributed by atoms with Crippen molar-refractivity contribution < 1.29 is 9.53 Å². The number of nitrogens with one attached hydrogen (secondary N) is 1. The third-order valence-electron chi connectivity index (χ3n) is 4.16. The molecule has 1 amide bonds. The molecule has 3 aromatic rings. The molecule has 0 aliphatic rings. The lowest BCUT2D eigenvalue weighted by atomic mass is 10.1. The van der Waals surface area contributed by atoms with Crippen molar-refractivity contribution in [2.75, 3.05) is 12.4 Å². The highest BCUT2D eigenvalue weighted by atomic mass is 32.2. The molecule has 140 valence electrons. The molecule has 0 saturated carbocycles. The maximum absolute atomic E-state index is 12.5. The molecule has 1 N–H and O–H groups in total. The molecular weight excluding hydrogens is 362 g/mol. The van der Waals surface area contributed by atoms with E-state index in [0.717, 1.165) is 11.3 Å². The number of carbonyl (C=O) groups excluding carboxylic acids is 1. The molecule has 1 atom stereocenters. The monoisotopic (exact) mass is 383 g/mol. The van der Waals surface area contributed by atoms with Gasteiger partial charge in [0.15, 0.2) is 0 Å². The van der Waals surface area contributed by atoms with Crippen LogP contribution in [0.25, 0.3) is 5.69 Å². The SMILES string of the molecule is COc1cccc(NC(=O)C(C)Sc2nnnn2-c2ccc(C)c(C)c2)c1. The van der Waals surface area contributed by atoms with Crippen molar-refractivity contribution in [1.82, 2.24) is 20.2 Å². The Morgan fingerprint density at radius 1 is 1.19 bits per heavy atom. The van der Waals surface area contributed by atoms with Gasteiger partial charge in [-0.1, -0.05) is 23.9 Å². The van der Waals surface area contributed by atoms with E-state index < -0.39 is 0 Å². The van der Waals surface area contributed by atoms with Crippen LogP contribution >= 0.6 is 11.8 Å². The first-order chi connectivity index (χ1) is 13.0.